The van der Waals surface area contributed by atoms with E-state index in [4.69, 9.17) is 10.5 Å². The van der Waals surface area contributed by atoms with Crippen molar-refractivity contribution >= 4 is 0 Å². The smallest absolute Gasteiger partial charge is 0.0869 e. The van der Waals surface area contributed by atoms with Gasteiger partial charge in [0.1, 0.15) is 0 Å². The van der Waals surface area contributed by atoms with Gasteiger partial charge in [0, 0.05) is 25.7 Å². The fourth-order valence-corrected chi connectivity index (χ4v) is 2.11. The van der Waals surface area contributed by atoms with Crippen LogP contribution < -0.4 is 0 Å². The van der Waals surface area contributed by atoms with Crippen molar-refractivity contribution < 1.29 is 0 Å². The predicted molar refractivity (Wildman–Crippen MR) is 57.9 cm³/mol. The molecule has 1 atom stereocenters. The SMILES string of the molecule is CCC[C@H]1CN(CC#N)CCN1CC#N. The maximum Gasteiger partial charge on any atom is 0.0869 e. The summed E-state index contributed by atoms with van der Waals surface area (Å²) in [5, 5.41) is 17.4. The summed E-state index contributed by atoms with van der Waals surface area (Å²) >= 11 is 0. The van der Waals surface area contributed by atoms with Gasteiger partial charge in [0.2, 0.25) is 0 Å². The number of nitriles is 2. The third kappa shape index (κ3) is 3.51. The molecule has 1 aliphatic rings. The zero-order valence-electron chi connectivity index (χ0n) is 9.32. The molecule has 1 rings (SSSR count). The van der Waals surface area contributed by atoms with E-state index in [9.17, 15) is 0 Å². The lowest BCUT2D eigenvalue weighted by atomic mass is 10.1. The maximum absolute atomic E-state index is 8.72. The van der Waals surface area contributed by atoms with Gasteiger partial charge in [-0.05, 0) is 6.42 Å². The van der Waals surface area contributed by atoms with Crippen LogP contribution in [0.1, 0.15) is 19.8 Å². The van der Waals surface area contributed by atoms with E-state index in [0.29, 0.717) is 19.1 Å². The first-order chi connectivity index (χ1) is 7.31. The van der Waals surface area contributed by atoms with Gasteiger partial charge in [0.05, 0.1) is 25.2 Å². The van der Waals surface area contributed by atoms with Crippen LogP contribution in [-0.4, -0.2) is 48.6 Å². The topological polar surface area (TPSA) is 54.1 Å². The Kier molecular flexibility index (Phi) is 5.10. The highest BCUT2D eigenvalue weighted by molar-refractivity contribution is 4.90. The summed E-state index contributed by atoms with van der Waals surface area (Å²) < 4.78 is 0. The van der Waals surface area contributed by atoms with E-state index in [0.717, 1.165) is 32.5 Å². The summed E-state index contributed by atoms with van der Waals surface area (Å²) in [7, 11) is 0. The van der Waals surface area contributed by atoms with Gasteiger partial charge in [-0.2, -0.15) is 10.5 Å². The normalized spacial score (nSPS) is 23.3. The molecular formula is C11H18N4. The molecule has 0 saturated carbocycles. The van der Waals surface area contributed by atoms with Gasteiger partial charge in [0.25, 0.3) is 0 Å². The van der Waals surface area contributed by atoms with Crippen molar-refractivity contribution in [3.63, 3.8) is 0 Å². The highest BCUT2D eigenvalue weighted by Gasteiger charge is 2.25. The van der Waals surface area contributed by atoms with E-state index in [1.807, 2.05) is 0 Å². The Labute approximate surface area is 91.7 Å². The summed E-state index contributed by atoms with van der Waals surface area (Å²) in [4.78, 5) is 4.41. The monoisotopic (exact) mass is 206 g/mol. The van der Waals surface area contributed by atoms with Crippen LogP contribution >= 0.6 is 0 Å². The predicted octanol–water partition coefficient (Wildman–Crippen LogP) is 0.820. The van der Waals surface area contributed by atoms with E-state index in [1.165, 1.54) is 0 Å². The molecule has 0 aliphatic carbocycles. The Balaban J connectivity index is 2.50. The zero-order valence-corrected chi connectivity index (χ0v) is 9.32. The molecule has 1 saturated heterocycles. The number of piperazine rings is 1. The van der Waals surface area contributed by atoms with Crippen LogP contribution in [0.3, 0.4) is 0 Å². The minimum Gasteiger partial charge on any atom is -0.288 e. The average Bonchev–Trinajstić information content (AvgIpc) is 2.23. The first-order valence-corrected chi connectivity index (χ1v) is 5.52. The second-order valence-corrected chi connectivity index (χ2v) is 3.96. The van der Waals surface area contributed by atoms with Crippen LogP contribution in [0.25, 0.3) is 0 Å². The molecule has 0 spiro atoms. The lowest BCUT2D eigenvalue weighted by molar-refractivity contribution is 0.0882. The summed E-state index contributed by atoms with van der Waals surface area (Å²) in [5.41, 5.74) is 0. The van der Waals surface area contributed by atoms with Gasteiger partial charge in [-0.25, -0.2) is 0 Å². The van der Waals surface area contributed by atoms with Crippen molar-refractivity contribution in [2.24, 2.45) is 0 Å². The third-order valence-electron chi connectivity index (χ3n) is 2.88. The van der Waals surface area contributed by atoms with Crippen molar-refractivity contribution in [1.29, 1.82) is 10.5 Å². The Morgan fingerprint density at radius 3 is 2.53 bits per heavy atom. The second kappa shape index (κ2) is 6.40. The molecule has 15 heavy (non-hydrogen) atoms. The summed E-state index contributed by atoms with van der Waals surface area (Å²) in [6.45, 7) is 5.96. The van der Waals surface area contributed by atoms with Crippen LogP contribution in [-0.2, 0) is 0 Å². The van der Waals surface area contributed by atoms with Crippen molar-refractivity contribution in [3.8, 4) is 12.1 Å². The molecule has 1 heterocycles. The fraction of sp³-hybridized carbons (Fsp3) is 0.818. The Morgan fingerprint density at radius 1 is 1.20 bits per heavy atom. The molecule has 0 bridgehead atoms. The molecule has 0 unspecified atom stereocenters. The van der Waals surface area contributed by atoms with Crippen LogP contribution in [0, 0.1) is 22.7 Å². The summed E-state index contributed by atoms with van der Waals surface area (Å²) in [6.07, 6.45) is 2.25. The van der Waals surface area contributed by atoms with Gasteiger partial charge in [-0.3, -0.25) is 9.80 Å². The van der Waals surface area contributed by atoms with E-state index in [2.05, 4.69) is 28.9 Å². The molecule has 1 aliphatic heterocycles. The molecule has 4 heteroatoms. The lowest BCUT2D eigenvalue weighted by Gasteiger charge is -2.39. The first kappa shape index (κ1) is 12.0. The number of hydrogen-bond donors (Lipinski definition) is 0. The fourth-order valence-electron chi connectivity index (χ4n) is 2.11. The van der Waals surface area contributed by atoms with E-state index in [-0.39, 0.29) is 0 Å². The Bertz CT molecular complexity index is 263. The van der Waals surface area contributed by atoms with Crippen molar-refractivity contribution in [2.75, 3.05) is 32.7 Å². The quantitative estimate of drug-likeness (QED) is 0.639. The van der Waals surface area contributed by atoms with Crippen LogP contribution in [0.15, 0.2) is 0 Å². The zero-order chi connectivity index (χ0) is 11.1. The van der Waals surface area contributed by atoms with Crippen LogP contribution in [0.5, 0.6) is 0 Å². The Morgan fingerprint density at radius 2 is 1.93 bits per heavy atom. The van der Waals surface area contributed by atoms with Gasteiger partial charge < -0.3 is 0 Å². The van der Waals surface area contributed by atoms with Gasteiger partial charge in [0.15, 0.2) is 0 Å². The molecular weight excluding hydrogens is 188 g/mol. The third-order valence-corrected chi connectivity index (χ3v) is 2.88. The molecule has 0 aromatic rings. The van der Waals surface area contributed by atoms with E-state index < -0.39 is 0 Å². The summed E-state index contributed by atoms with van der Waals surface area (Å²) in [6, 6.07) is 4.86. The standard InChI is InChI=1S/C11H18N4/c1-2-3-11-10-14(6-4-12)8-9-15(11)7-5-13/h11H,2-3,6-10H2,1H3/t11-/m0/s1. The van der Waals surface area contributed by atoms with Crippen LogP contribution in [0.2, 0.25) is 0 Å². The maximum atomic E-state index is 8.72. The van der Waals surface area contributed by atoms with Gasteiger partial charge >= 0.3 is 0 Å². The largest absolute Gasteiger partial charge is 0.288 e. The molecule has 0 amide bonds. The molecule has 82 valence electrons. The molecule has 1 fully saturated rings. The highest BCUT2D eigenvalue weighted by Crippen LogP contribution is 2.13. The number of nitrogens with zero attached hydrogens (tertiary/aromatic N) is 4. The minimum atomic E-state index is 0.455. The first-order valence-electron chi connectivity index (χ1n) is 5.52. The van der Waals surface area contributed by atoms with Gasteiger partial charge in [-0.15, -0.1) is 0 Å². The molecule has 0 N–H and O–H groups in total. The second-order valence-electron chi connectivity index (χ2n) is 3.96. The molecule has 4 nitrogen and oxygen atoms in total. The van der Waals surface area contributed by atoms with E-state index >= 15 is 0 Å². The van der Waals surface area contributed by atoms with Crippen molar-refractivity contribution in [1.82, 2.24) is 9.80 Å². The number of hydrogen-bond acceptors (Lipinski definition) is 4. The lowest BCUT2D eigenvalue weighted by Crippen LogP contribution is -2.53. The van der Waals surface area contributed by atoms with E-state index in [1.54, 1.807) is 0 Å². The minimum absolute atomic E-state index is 0.455. The molecule has 0 aromatic heterocycles. The summed E-state index contributed by atoms with van der Waals surface area (Å²) in [5.74, 6) is 0. The number of rotatable bonds is 4. The van der Waals surface area contributed by atoms with Crippen molar-refractivity contribution in [2.45, 2.75) is 25.8 Å². The van der Waals surface area contributed by atoms with Crippen LogP contribution in [0.4, 0.5) is 0 Å². The molecule has 0 radical (unpaired) electrons. The average molecular weight is 206 g/mol. The Hall–Kier alpha value is -1.10. The van der Waals surface area contributed by atoms with Crippen molar-refractivity contribution in [3.05, 3.63) is 0 Å². The van der Waals surface area contributed by atoms with Gasteiger partial charge in [-0.1, -0.05) is 13.3 Å². The highest BCUT2D eigenvalue weighted by atomic mass is 15.3. The molecule has 0 aromatic carbocycles.